The van der Waals surface area contributed by atoms with E-state index in [9.17, 15) is 5.11 Å². The number of aromatic nitrogens is 1. The van der Waals surface area contributed by atoms with E-state index >= 15 is 4.39 Å². The number of benzene rings is 2. The highest BCUT2D eigenvalue weighted by molar-refractivity contribution is 6.31. The van der Waals surface area contributed by atoms with Crippen molar-refractivity contribution in [1.82, 2.24) is 15.6 Å². The summed E-state index contributed by atoms with van der Waals surface area (Å²) >= 11 is 6.27. The molecule has 0 spiro atoms. The number of hydrogen-bond donors (Lipinski definition) is 6. The number of piperidine rings is 1. The van der Waals surface area contributed by atoms with E-state index in [2.05, 4.69) is 32.7 Å². The van der Waals surface area contributed by atoms with Crippen LogP contribution >= 0.6 is 11.6 Å². The number of nitrogens with two attached hydrogens (primary N) is 1. The summed E-state index contributed by atoms with van der Waals surface area (Å²) in [4.78, 5) is 9.31. The van der Waals surface area contributed by atoms with Gasteiger partial charge in [0.15, 0.2) is 5.82 Å². The molecule has 1 fully saturated rings. The monoisotopic (exact) mass is 609 g/mol. The summed E-state index contributed by atoms with van der Waals surface area (Å²) in [6.45, 7) is 2.66. The fourth-order valence-electron chi connectivity index (χ4n) is 5.85. The molecule has 3 aromatic rings. The maximum absolute atomic E-state index is 15.1. The van der Waals surface area contributed by atoms with Gasteiger partial charge in [-0.3, -0.25) is 5.41 Å². The van der Waals surface area contributed by atoms with E-state index in [0.717, 1.165) is 61.4 Å². The Hall–Kier alpha value is -3.44. The highest BCUT2D eigenvalue weighted by atomic mass is 35.5. The van der Waals surface area contributed by atoms with Crippen molar-refractivity contribution in [1.29, 1.82) is 5.41 Å². The normalized spacial score (nSPS) is 20.5. The zero-order chi connectivity index (χ0) is 30.5. The van der Waals surface area contributed by atoms with Gasteiger partial charge in [-0.05, 0) is 86.9 Å². The Balaban J connectivity index is 1.30. The molecule has 0 radical (unpaired) electrons. The Morgan fingerprint density at radius 2 is 2.07 bits per heavy atom. The van der Waals surface area contributed by atoms with Crippen molar-refractivity contribution in [2.75, 3.05) is 18.6 Å². The summed E-state index contributed by atoms with van der Waals surface area (Å²) in [5.41, 5.74) is 10.2. The van der Waals surface area contributed by atoms with Crippen LogP contribution in [0.25, 0.3) is 17.5 Å². The molecule has 2 aliphatic heterocycles. The lowest BCUT2D eigenvalue weighted by molar-refractivity contribution is 0.186. The predicted molar refractivity (Wildman–Crippen MR) is 169 cm³/mol. The Morgan fingerprint density at radius 3 is 2.81 bits per heavy atom. The van der Waals surface area contributed by atoms with Crippen LogP contribution in [0, 0.1) is 11.2 Å². The number of nitrogens with zero attached hydrogens (tertiary/aromatic N) is 2. The molecule has 11 heteroatoms. The first-order valence-electron chi connectivity index (χ1n) is 14.9. The number of hydrogen-bond acceptors (Lipinski definition) is 7. The van der Waals surface area contributed by atoms with E-state index in [1.807, 2.05) is 37.4 Å². The van der Waals surface area contributed by atoms with Crippen LogP contribution in [0.2, 0.25) is 5.02 Å². The Morgan fingerprint density at radius 1 is 1.28 bits per heavy atom. The molecule has 0 bridgehead atoms. The molecule has 0 amide bonds. The second kappa shape index (κ2) is 13.9. The fraction of sp³-hybridized carbons (Fsp3) is 0.438. The van der Waals surface area contributed by atoms with Gasteiger partial charge < -0.3 is 36.1 Å². The minimum Gasteiger partial charge on any atom is -0.469 e. The van der Waals surface area contributed by atoms with Gasteiger partial charge in [0.1, 0.15) is 5.49 Å². The molecule has 2 aliphatic rings. The lowest BCUT2D eigenvalue weighted by Crippen LogP contribution is -2.41. The first-order chi connectivity index (χ1) is 20.7. The summed E-state index contributed by atoms with van der Waals surface area (Å²) in [5.74, 6) is -0.492. The molecule has 230 valence electrons. The van der Waals surface area contributed by atoms with Crippen LogP contribution in [0.1, 0.15) is 62.6 Å². The molecule has 4 atom stereocenters. The van der Waals surface area contributed by atoms with E-state index in [1.165, 1.54) is 12.7 Å². The maximum atomic E-state index is 15.1. The van der Waals surface area contributed by atoms with E-state index in [1.54, 1.807) is 11.0 Å². The number of anilines is 1. The summed E-state index contributed by atoms with van der Waals surface area (Å²) in [5, 5.41) is 26.0. The van der Waals surface area contributed by atoms with Crippen molar-refractivity contribution in [3.63, 3.8) is 0 Å². The highest BCUT2D eigenvalue weighted by Crippen LogP contribution is 2.30. The van der Waals surface area contributed by atoms with Gasteiger partial charge in [0.2, 0.25) is 6.35 Å². The minimum atomic E-state index is -1.13. The van der Waals surface area contributed by atoms with Gasteiger partial charge >= 0.3 is 0 Å². The van der Waals surface area contributed by atoms with Crippen molar-refractivity contribution in [2.45, 2.75) is 76.3 Å². The van der Waals surface area contributed by atoms with Crippen LogP contribution in [0.15, 0.2) is 47.5 Å². The zero-order valence-electron chi connectivity index (χ0n) is 24.7. The lowest BCUT2D eigenvalue weighted by Gasteiger charge is -2.32. The fourth-order valence-corrected chi connectivity index (χ4v) is 6.09. The van der Waals surface area contributed by atoms with E-state index in [4.69, 9.17) is 27.5 Å². The molecule has 2 aromatic carbocycles. The van der Waals surface area contributed by atoms with Gasteiger partial charge in [-0.25, -0.2) is 9.38 Å². The third-order valence-corrected chi connectivity index (χ3v) is 8.43. The first-order valence-corrected chi connectivity index (χ1v) is 15.3. The van der Waals surface area contributed by atoms with E-state index < -0.39 is 12.2 Å². The van der Waals surface area contributed by atoms with Gasteiger partial charge in [-0.2, -0.15) is 0 Å². The largest absolute Gasteiger partial charge is 0.469 e. The molecule has 43 heavy (non-hydrogen) atoms. The maximum Gasteiger partial charge on any atom is 0.281 e. The van der Waals surface area contributed by atoms with Gasteiger partial charge in [-0.15, -0.1) is 0 Å². The quantitative estimate of drug-likeness (QED) is 0.152. The molecule has 0 aliphatic carbocycles. The van der Waals surface area contributed by atoms with Crippen LogP contribution in [-0.4, -0.2) is 48.2 Å². The van der Waals surface area contributed by atoms with Crippen LogP contribution in [0.5, 0.6) is 0 Å². The number of ether oxygens (including phenoxy) is 1. The summed E-state index contributed by atoms with van der Waals surface area (Å²) in [7, 11) is 1.49. The number of halogens is 2. The van der Waals surface area contributed by atoms with Crippen LogP contribution < -0.4 is 32.0 Å². The number of nitrogens with one attached hydrogen (secondary N) is 4. The summed E-state index contributed by atoms with van der Waals surface area (Å²) in [6, 6.07) is 14.3. The zero-order valence-corrected chi connectivity index (χ0v) is 25.4. The summed E-state index contributed by atoms with van der Waals surface area (Å²) in [6.07, 6.45) is 7.40. The highest BCUT2D eigenvalue weighted by Gasteiger charge is 2.24. The van der Waals surface area contributed by atoms with Crippen LogP contribution in [0.3, 0.4) is 0 Å². The summed E-state index contributed by atoms with van der Waals surface area (Å²) < 4.78 is 20.0. The predicted octanol–water partition coefficient (Wildman–Crippen LogP) is 4.04. The van der Waals surface area contributed by atoms with Crippen molar-refractivity contribution >= 4 is 29.5 Å². The smallest absolute Gasteiger partial charge is 0.281 e. The molecule has 3 heterocycles. The average molecular weight is 610 g/mol. The molecule has 5 rings (SSSR count). The number of rotatable bonds is 10. The molecule has 0 saturated carbocycles. The Bertz CT molecular complexity index is 1540. The van der Waals surface area contributed by atoms with Crippen molar-refractivity contribution in [3.8, 4) is 11.3 Å². The van der Waals surface area contributed by atoms with Gasteiger partial charge in [0, 0.05) is 47.3 Å². The second-order valence-electron chi connectivity index (χ2n) is 11.5. The second-order valence-corrected chi connectivity index (χ2v) is 11.9. The molecule has 1 aromatic heterocycles. The van der Waals surface area contributed by atoms with Gasteiger partial charge in [-0.1, -0.05) is 30.2 Å². The van der Waals surface area contributed by atoms with Crippen molar-refractivity contribution in [3.05, 3.63) is 75.1 Å². The number of amidine groups is 1. The minimum absolute atomic E-state index is 0.0746. The Kier molecular flexibility index (Phi) is 10.0. The van der Waals surface area contributed by atoms with E-state index in [0.29, 0.717) is 29.3 Å². The number of H-pyrrole nitrogens is 1. The number of methoxy groups -OCH3 is 1. The Labute approximate surface area is 256 Å². The van der Waals surface area contributed by atoms with E-state index in [-0.39, 0.29) is 23.1 Å². The topological polar surface area (TPSA) is 135 Å². The molecule has 9 nitrogen and oxygen atoms in total. The van der Waals surface area contributed by atoms with Crippen molar-refractivity contribution in [2.24, 2.45) is 10.7 Å². The molecule has 1 unspecified atom stereocenters. The number of aromatic amines is 1. The third-order valence-electron chi connectivity index (χ3n) is 8.16. The number of fused-ring (bicyclic) bond motifs is 1. The SMILES string of the molecule is COC(=N)NCC[C@@H]1CCC[C@@H](c2ccc(N3C=c4cc(-c5cc(CCC[C@H](C)N)cc(Cl)c5F)[nH]c4=NC3O)cc2)N1. The van der Waals surface area contributed by atoms with Gasteiger partial charge in [0.25, 0.3) is 6.02 Å². The van der Waals surface area contributed by atoms with Gasteiger partial charge in [0.05, 0.1) is 17.8 Å². The third kappa shape index (κ3) is 7.56. The molecule has 7 N–H and O–H groups in total. The number of aryl methyl sites for hydroxylation is 1. The van der Waals surface area contributed by atoms with Crippen LogP contribution in [-0.2, 0) is 11.2 Å². The van der Waals surface area contributed by atoms with Crippen LogP contribution in [0.4, 0.5) is 10.1 Å². The standard InChI is InChI=1S/C32H41ClFN7O2/c1-19(35)5-3-6-20-15-25(29(34)26(33)16-20)28-17-22-18-41(32(42)40-30(22)39-28)24-11-9-21(10-12-24)27-8-4-7-23(38-27)13-14-37-31(36)43-2/h9-12,15-19,23,27,32,38,42H,3-8,13-14,35H2,1-2H3,(H2,36,37)(H,39,40)/t19-,23-,27-,32?/m0/s1. The first kappa shape index (κ1) is 31.0. The molecular formula is C32H41ClFN7O2. The number of aliphatic hydroxyl groups is 1. The molecular weight excluding hydrogens is 569 g/mol. The average Bonchev–Trinajstić information content (AvgIpc) is 3.41. The number of aliphatic hydroxyl groups excluding tert-OH is 1. The van der Waals surface area contributed by atoms with Crippen molar-refractivity contribution < 1.29 is 14.2 Å². The lowest BCUT2D eigenvalue weighted by atomic mass is 9.92. The molecule has 1 saturated heterocycles.